The van der Waals surface area contributed by atoms with Gasteiger partial charge in [-0.05, 0) is 49.3 Å². The molecule has 0 radical (unpaired) electrons. The number of aromatic nitrogens is 1. The zero-order chi connectivity index (χ0) is 17.7. The Morgan fingerprint density at radius 2 is 1.17 bits per heavy atom. The summed E-state index contributed by atoms with van der Waals surface area (Å²) < 4.78 is 0. The number of aliphatic imine (C=N–C) groups is 4. The summed E-state index contributed by atoms with van der Waals surface area (Å²) in [6, 6.07) is 5.88. The van der Waals surface area contributed by atoms with Gasteiger partial charge in [0.2, 0.25) is 0 Å². The minimum atomic E-state index is 0. The third-order valence-electron chi connectivity index (χ3n) is 4.86. The zero-order valence-electron chi connectivity index (χ0n) is 15.7. The van der Waals surface area contributed by atoms with Crippen LogP contribution in [0.4, 0.5) is 0 Å². The molecule has 0 fully saturated rings. The Morgan fingerprint density at radius 3 is 1.59 bits per heavy atom. The Labute approximate surface area is 192 Å². The predicted octanol–water partition coefficient (Wildman–Crippen LogP) is -2.74. The van der Waals surface area contributed by atoms with Crippen LogP contribution in [0.25, 0.3) is 0 Å². The second-order valence-electron chi connectivity index (χ2n) is 6.73. The molecule has 2 atom stereocenters. The van der Waals surface area contributed by atoms with Gasteiger partial charge in [-0.2, -0.15) is 0 Å². The van der Waals surface area contributed by atoms with Gasteiger partial charge in [-0.25, -0.2) is 15.0 Å². The predicted molar refractivity (Wildman–Crippen MR) is 106 cm³/mol. The number of halogens is 2. The third kappa shape index (κ3) is 4.12. The van der Waals surface area contributed by atoms with Crippen LogP contribution in [0.5, 0.6) is 0 Å². The van der Waals surface area contributed by atoms with Gasteiger partial charge in [-0.3, -0.25) is 9.98 Å². The number of amidine groups is 2. The second kappa shape index (κ2) is 9.14. The van der Waals surface area contributed by atoms with Gasteiger partial charge in [0, 0.05) is 0 Å². The van der Waals surface area contributed by atoms with Crippen molar-refractivity contribution >= 4 is 23.1 Å². The first-order valence-corrected chi connectivity index (χ1v) is 8.69. The fourth-order valence-electron chi connectivity index (χ4n) is 3.44. The van der Waals surface area contributed by atoms with Crippen LogP contribution in [-0.4, -0.2) is 40.2 Å². The number of hydrogen-bond donors (Lipinski definition) is 0. The molecule has 3 heterocycles. The molecule has 1 aromatic rings. The number of allylic oxidation sites excluding steroid dienone is 4. The summed E-state index contributed by atoms with van der Waals surface area (Å²) in [5, 5.41) is 0. The SMILES string of the molecule is CC1=CC=CC2=NC(c3cccc(C4=NC5C(C)=CC=CC5=N4)n3)=NC12.[Cl-].[Cl-].[Fe+2]. The van der Waals surface area contributed by atoms with E-state index in [9.17, 15) is 0 Å². The maximum absolute atomic E-state index is 4.75. The van der Waals surface area contributed by atoms with Gasteiger partial charge in [0.25, 0.3) is 0 Å². The van der Waals surface area contributed by atoms with E-state index >= 15 is 0 Å². The average molecular weight is 466 g/mol. The first-order chi connectivity index (χ1) is 12.7. The van der Waals surface area contributed by atoms with Crippen LogP contribution in [0.1, 0.15) is 25.2 Å². The molecule has 5 nitrogen and oxygen atoms in total. The maximum Gasteiger partial charge on any atom is 2.00 e. The van der Waals surface area contributed by atoms with Gasteiger partial charge in [0.05, 0.1) is 11.4 Å². The fourth-order valence-corrected chi connectivity index (χ4v) is 3.44. The summed E-state index contributed by atoms with van der Waals surface area (Å²) in [4.78, 5) is 23.6. The third-order valence-corrected chi connectivity index (χ3v) is 4.86. The van der Waals surface area contributed by atoms with Crippen molar-refractivity contribution in [2.45, 2.75) is 25.9 Å². The Balaban J connectivity index is 0.000001000. The summed E-state index contributed by atoms with van der Waals surface area (Å²) in [5.41, 5.74) is 5.85. The quantitative estimate of drug-likeness (QED) is 0.437. The van der Waals surface area contributed by atoms with E-state index in [1.807, 2.05) is 42.5 Å². The van der Waals surface area contributed by atoms with Gasteiger partial charge >= 0.3 is 17.1 Å². The van der Waals surface area contributed by atoms with Crippen molar-refractivity contribution < 1.29 is 41.9 Å². The zero-order valence-corrected chi connectivity index (χ0v) is 18.3. The van der Waals surface area contributed by atoms with Crippen molar-refractivity contribution in [3.05, 3.63) is 77.2 Å². The summed E-state index contributed by atoms with van der Waals surface area (Å²) in [5.74, 6) is 1.34. The fraction of sp³-hybridized carbons (Fsp3) is 0.190. The molecule has 0 amide bonds. The summed E-state index contributed by atoms with van der Waals surface area (Å²) >= 11 is 0. The van der Waals surface area contributed by atoms with E-state index < -0.39 is 0 Å². The largest absolute Gasteiger partial charge is 2.00 e. The molecule has 0 spiro atoms. The van der Waals surface area contributed by atoms with Crippen molar-refractivity contribution in [1.29, 1.82) is 0 Å². The van der Waals surface area contributed by atoms with Gasteiger partial charge in [0.1, 0.15) is 23.5 Å². The topological polar surface area (TPSA) is 62.3 Å². The molecule has 0 aromatic carbocycles. The first kappa shape index (κ1) is 23.2. The van der Waals surface area contributed by atoms with Crippen molar-refractivity contribution in [3.63, 3.8) is 0 Å². The van der Waals surface area contributed by atoms with Crippen LogP contribution in [0, 0.1) is 0 Å². The Morgan fingerprint density at radius 1 is 0.724 bits per heavy atom. The molecule has 2 aliphatic carbocycles. The number of nitrogens with zero attached hydrogens (tertiary/aromatic N) is 5. The van der Waals surface area contributed by atoms with Crippen LogP contribution in [-0.2, 0) is 17.1 Å². The normalized spacial score (nSPS) is 23.0. The van der Waals surface area contributed by atoms with Gasteiger partial charge in [0.15, 0.2) is 11.7 Å². The second-order valence-corrected chi connectivity index (χ2v) is 6.73. The molecule has 2 aliphatic heterocycles. The maximum atomic E-state index is 4.75. The van der Waals surface area contributed by atoms with Crippen molar-refractivity contribution in [3.8, 4) is 0 Å². The Bertz CT molecular complexity index is 995. The van der Waals surface area contributed by atoms with Crippen LogP contribution in [0.15, 0.2) is 85.8 Å². The Hall–Kier alpha value is -2.11. The first-order valence-electron chi connectivity index (χ1n) is 8.69. The van der Waals surface area contributed by atoms with Crippen LogP contribution >= 0.6 is 0 Å². The molecule has 0 bridgehead atoms. The van der Waals surface area contributed by atoms with Gasteiger partial charge in [-0.15, -0.1) is 0 Å². The summed E-state index contributed by atoms with van der Waals surface area (Å²) in [6.45, 7) is 4.16. The molecular formula is C21H17Cl2FeN5. The molecule has 4 aliphatic rings. The van der Waals surface area contributed by atoms with Crippen molar-refractivity contribution in [2.24, 2.45) is 20.0 Å². The monoisotopic (exact) mass is 465 g/mol. The van der Waals surface area contributed by atoms with Crippen LogP contribution in [0.2, 0.25) is 0 Å². The van der Waals surface area contributed by atoms with E-state index in [1.165, 1.54) is 11.1 Å². The molecule has 2 unspecified atom stereocenters. The minimum Gasteiger partial charge on any atom is -1.00 e. The van der Waals surface area contributed by atoms with Crippen LogP contribution in [0.3, 0.4) is 0 Å². The molecule has 0 saturated heterocycles. The molecular weight excluding hydrogens is 449 g/mol. The van der Waals surface area contributed by atoms with Crippen molar-refractivity contribution in [2.75, 3.05) is 0 Å². The van der Waals surface area contributed by atoms with E-state index in [0.717, 1.165) is 22.8 Å². The number of fused-ring (bicyclic) bond motifs is 2. The van der Waals surface area contributed by atoms with E-state index in [-0.39, 0.29) is 54.0 Å². The number of hydrogen-bond acceptors (Lipinski definition) is 5. The molecule has 1 aromatic heterocycles. The summed E-state index contributed by atoms with van der Waals surface area (Å²) in [6.07, 6.45) is 12.2. The number of pyridine rings is 1. The average Bonchev–Trinajstić information content (AvgIpc) is 3.28. The molecule has 29 heavy (non-hydrogen) atoms. The van der Waals surface area contributed by atoms with E-state index in [1.54, 1.807) is 0 Å². The molecule has 148 valence electrons. The van der Waals surface area contributed by atoms with E-state index in [2.05, 4.69) is 36.0 Å². The van der Waals surface area contributed by atoms with Crippen molar-refractivity contribution in [1.82, 2.24) is 4.98 Å². The minimum absolute atomic E-state index is 0. The molecule has 0 N–H and O–H groups in total. The van der Waals surface area contributed by atoms with Crippen LogP contribution < -0.4 is 24.8 Å². The smallest absolute Gasteiger partial charge is 1.00 e. The van der Waals surface area contributed by atoms with Gasteiger partial charge < -0.3 is 24.8 Å². The number of rotatable bonds is 2. The Kier molecular flexibility index (Phi) is 7.30. The summed E-state index contributed by atoms with van der Waals surface area (Å²) in [7, 11) is 0. The van der Waals surface area contributed by atoms with E-state index in [0.29, 0.717) is 11.7 Å². The standard InChI is InChI=1S/C21H17N5.2ClH.Fe/c1-12-6-3-8-14-18(12)25-20(23-14)16-10-5-11-17(22-16)21-24-15-9-4-7-13(2)19(15)26-21;;;/h3-11,18-19H,1-2H3;2*1H;/q;;;+2/p-2. The molecule has 8 heteroatoms. The van der Waals surface area contributed by atoms with Gasteiger partial charge in [-0.1, -0.05) is 30.4 Å². The van der Waals surface area contributed by atoms with E-state index in [4.69, 9.17) is 15.0 Å². The molecule has 5 rings (SSSR count). The molecule has 0 saturated carbocycles.